The summed E-state index contributed by atoms with van der Waals surface area (Å²) in [6.45, 7) is 2.27. The van der Waals surface area contributed by atoms with Gasteiger partial charge in [-0.25, -0.2) is 13.6 Å². The Morgan fingerprint density at radius 1 is 1.56 bits per heavy atom. The molecule has 1 saturated carbocycles. The first kappa shape index (κ1) is 12.8. The number of halogens is 2. The van der Waals surface area contributed by atoms with Crippen LogP contribution in [0.25, 0.3) is 0 Å². The van der Waals surface area contributed by atoms with Crippen LogP contribution in [0, 0.1) is 17.6 Å². The Morgan fingerprint density at radius 3 is 2.72 bits per heavy atom. The van der Waals surface area contributed by atoms with Crippen molar-refractivity contribution in [1.29, 1.82) is 0 Å². The van der Waals surface area contributed by atoms with Gasteiger partial charge < -0.3 is 10.1 Å². The molecular formula is C13H15F2NO2. The fraction of sp³-hybridized carbons (Fsp3) is 0.462. The number of benzene rings is 1. The van der Waals surface area contributed by atoms with Gasteiger partial charge in [-0.05, 0) is 24.0 Å². The molecule has 0 radical (unpaired) electrons. The second-order valence-corrected chi connectivity index (χ2v) is 4.73. The average molecular weight is 255 g/mol. The number of alkyl carbamates (subject to hydrolysis) is 1. The zero-order chi connectivity index (χ0) is 13.3. The van der Waals surface area contributed by atoms with Gasteiger partial charge in [-0.2, -0.15) is 0 Å². The van der Waals surface area contributed by atoms with E-state index < -0.39 is 23.1 Å². The summed E-state index contributed by atoms with van der Waals surface area (Å²) in [4.78, 5) is 11.1. The van der Waals surface area contributed by atoms with E-state index in [1.54, 1.807) is 0 Å². The van der Waals surface area contributed by atoms with Crippen molar-refractivity contribution >= 4 is 6.09 Å². The monoisotopic (exact) mass is 255 g/mol. The molecule has 2 unspecified atom stereocenters. The molecule has 1 amide bonds. The fourth-order valence-electron chi connectivity index (χ4n) is 2.40. The molecule has 0 saturated heterocycles. The number of carbonyl (C=O) groups is 1. The lowest BCUT2D eigenvalue weighted by Gasteiger charge is -2.18. The predicted octanol–water partition coefficient (Wildman–Crippen LogP) is 2.60. The zero-order valence-corrected chi connectivity index (χ0v) is 10.3. The molecule has 0 spiro atoms. The number of methoxy groups -OCH3 is 1. The van der Waals surface area contributed by atoms with E-state index in [0.717, 1.165) is 12.5 Å². The summed E-state index contributed by atoms with van der Waals surface area (Å²) in [5, 5.41) is 2.58. The first-order chi connectivity index (χ1) is 8.49. The Balaban J connectivity index is 2.20. The van der Waals surface area contributed by atoms with Crippen molar-refractivity contribution in [3.63, 3.8) is 0 Å². The lowest BCUT2D eigenvalue weighted by atomic mass is 9.93. The van der Waals surface area contributed by atoms with E-state index in [1.807, 2.05) is 6.92 Å². The maximum absolute atomic E-state index is 13.8. The highest BCUT2D eigenvalue weighted by Crippen LogP contribution is 2.54. The van der Waals surface area contributed by atoms with E-state index in [0.29, 0.717) is 12.1 Å². The van der Waals surface area contributed by atoms with Crippen LogP contribution < -0.4 is 5.32 Å². The third-order valence-corrected chi connectivity index (χ3v) is 3.65. The standard InChI is InChI=1S/C13H15F2NO2/c1-8-6-13(8,7-16-12(17)18-2)10-4-3-9(14)5-11(10)15/h3-5,8H,6-7H2,1-2H3,(H,16,17). The number of carbonyl (C=O) groups excluding carboxylic acids is 1. The second-order valence-electron chi connectivity index (χ2n) is 4.73. The fourth-order valence-corrected chi connectivity index (χ4v) is 2.40. The molecule has 98 valence electrons. The van der Waals surface area contributed by atoms with Gasteiger partial charge in [-0.3, -0.25) is 0 Å². The Bertz CT molecular complexity index is 478. The normalized spacial score (nSPS) is 25.7. The second kappa shape index (κ2) is 4.55. The van der Waals surface area contributed by atoms with E-state index in [1.165, 1.54) is 19.2 Å². The first-order valence-corrected chi connectivity index (χ1v) is 5.77. The smallest absolute Gasteiger partial charge is 0.406 e. The van der Waals surface area contributed by atoms with Crippen LogP contribution in [0.1, 0.15) is 18.9 Å². The summed E-state index contributed by atoms with van der Waals surface area (Å²) < 4.78 is 31.2. The van der Waals surface area contributed by atoms with Gasteiger partial charge in [0.15, 0.2) is 0 Å². The van der Waals surface area contributed by atoms with Gasteiger partial charge in [-0.15, -0.1) is 0 Å². The highest BCUT2D eigenvalue weighted by Gasteiger charge is 2.53. The minimum atomic E-state index is -0.597. The third kappa shape index (κ3) is 2.17. The van der Waals surface area contributed by atoms with E-state index >= 15 is 0 Å². The maximum Gasteiger partial charge on any atom is 0.406 e. The molecule has 1 fully saturated rings. The summed E-state index contributed by atoms with van der Waals surface area (Å²) in [7, 11) is 1.27. The van der Waals surface area contributed by atoms with Gasteiger partial charge in [0.2, 0.25) is 0 Å². The third-order valence-electron chi connectivity index (χ3n) is 3.65. The molecule has 1 N–H and O–H groups in total. The number of amides is 1. The van der Waals surface area contributed by atoms with Gasteiger partial charge in [0.05, 0.1) is 7.11 Å². The molecule has 1 aliphatic rings. The molecule has 2 atom stereocenters. The van der Waals surface area contributed by atoms with Gasteiger partial charge >= 0.3 is 6.09 Å². The Kier molecular flexibility index (Phi) is 3.24. The summed E-state index contributed by atoms with van der Waals surface area (Å²) in [5.74, 6) is -0.915. The van der Waals surface area contributed by atoms with Crippen molar-refractivity contribution in [3.8, 4) is 0 Å². The summed E-state index contributed by atoms with van der Waals surface area (Å²) in [6, 6.07) is 3.57. The number of rotatable bonds is 3. The molecule has 0 aromatic heterocycles. The highest BCUT2D eigenvalue weighted by atomic mass is 19.1. The molecular weight excluding hydrogens is 240 g/mol. The van der Waals surface area contributed by atoms with Crippen molar-refractivity contribution in [2.24, 2.45) is 5.92 Å². The first-order valence-electron chi connectivity index (χ1n) is 5.77. The van der Waals surface area contributed by atoms with Crippen molar-refractivity contribution in [3.05, 3.63) is 35.4 Å². The molecule has 18 heavy (non-hydrogen) atoms. The number of hydrogen-bond donors (Lipinski definition) is 1. The van der Waals surface area contributed by atoms with E-state index in [-0.39, 0.29) is 5.92 Å². The molecule has 3 nitrogen and oxygen atoms in total. The summed E-state index contributed by atoms with van der Waals surface area (Å²) in [6.07, 6.45) is 0.218. The van der Waals surface area contributed by atoms with E-state index in [2.05, 4.69) is 10.1 Å². The predicted molar refractivity (Wildman–Crippen MR) is 62.2 cm³/mol. The highest BCUT2D eigenvalue weighted by molar-refractivity contribution is 5.67. The number of ether oxygens (including phenoxy) is 1. The molecule has 1 aromatic carbocycles. The SMILES string of the molecule is COC(=O)NCC1(c2ccc(F)cc2F)CC1C. The van der Waals surface area contributed by atoms with E-state index in [4.69, 9.17) is 0 Å². The topological polar surface area (TPSA) is 38.3 Å². The average Bonchev–Trinajstić information content (AvgIpc) is 2.98. The van der Waals surface area contributed by atoms with Crippen LogP contribution in [0.2, 0.25) is 0 Å². The van der Waals surface area contributed by atoms with Crippen LogP contribution in [0.15, 0.2) is 18.2 Å². The van der Waals surface area contributed by atoms with Crippen molar-refractivity contribution in [2.45, 2.75) is 18.8 Å². The molecule has 2 rings (SSSR count). The lowest BCUT2D eigenvalue weighted by molar-refractivity contribution is 0.169. The lowest BCUT2D eigenvalue weighted by Crippen LogP contribution is -2.33. The van der Waals surface area contributed by atoms with Crippen LogP contribution in [-0.2, 0) is 10.2 Å². The summed E-state index contributed by atoms with van der Waals surface area (Å²) >= 11 is 0. The van der Waals surface area contributed by atoms with Gasteiger partial charge in [0, 0.05) is 18.0 Å². The van der Waals surface area contributed by atoms with Crippen molar-refractivity contribution in [2.75, 3.05) is 13.7 Å². The van der Waals surface area contributed by atoms with Crippen LogP contribution in [0.5, 0.6) is 0 Å². The number of nitrogens with one attached hydrogen (secondary N) is 1. The van der Waals surface area contributed by atoms with Crippen molar-refractivity contribution in [1.82, 2.24) is 5.32 Å². The maximum atomic E-state index is 13.8. The summed E-state index contributed by atoms with van der Waals surface area (Å²) in [5.41, 5.74) is 0.0132. The minimum Gasteiger partial charge on any atom is -0.453 e. The molecule has 0 aliphatic heterocycles. The van der Waals surface area contributed by atoms with Crippen LogP contribution in [0.3, 0.4) is 0 Å². The van der Waals surface area contributed by atoms with Gasteiger partial charge in [0.25, 0.3) is 0 Å². The molecule has 0 bridgehead atoms. The molecule has 1 aromatic rings. The molecule has 1 aliphatic carbocycles. The van der Waals surface area contributed by atoms with Gasteiger partial charge in [0.1, 0.15) is 11.6 Å². The molecule has 5 heteroatoms. The van der Waals surface area contributed by atoms with E-state index in [9.17, 15) is 13.6 Å². The Hall–Kier alpha value is -1.65. The Morgan fingerprint density at radius 2 is 2.22 bits per heavy atom. The van der Waals surface area contributed by atoms with Crippen LogP contribution in [-0.4, -0.2) is 19.7 Å². The van der Waals surface area contributed by atoms with Gasteiger partial charge in [-0.1, -0.05) is 13.0 Å². The minimum absolute atomic E-state index is 0.245. The quantitative estimate of drug-likeness (QED) is 0.901. The van der Waals surface area contributed by atoms with Crippen LogP contribution in [0.4, 0.5) is 13.6 Å². The largest absolute Gasteiger partial charge is 0.453 e. The Labute approximate surface area is 104 Å². The van der Waals surface area contributed by atoms with Crippen LogP contribution >= 0.6 is 0 Å². The zero-order valence-electron chi connectivity index (χ0n) is 10.3. The molecule has 0 heterocycles. The number of hydrogen-bond acceptors (Lipinski definition) is 2. The van der Waals surface area contributed by atoms with Crippen molar-refractivity contribution < 1.29 is 18.3 Å².